The molecule has 1 amide bonds. The fourth-order valence-corrected chi connectivity index (χ4v) is 2.95. The van der Waals surface area contributed by atoms with Crippen LogP contribution in [0.4, 0.5) is 5.82 Å². The van der Waals surface area contributed by atoms with Crippen LogP contribution in [-0.4, -0.2) is 31.7 Å². The number of halogens is 1. The van der Waals surface area contributed by atoms with Crippen molar-refractivity contribution in [2.75, 3.05) is 11.6 Å². The first-order valence-electron chi connectivity index (χ1n) is 6.57. The number of amides is 1. The van der Waals surface area contributed by atoms with Crippen molar-refractivity contribution in [3.8, 4) is 0 Å². The first-order chi connectivity index (χ1) is 11.1. The van der Waals surface area contributed by atoms with Crippen molar-refractivity contribution < 1.29 is 9.35 Å². The number of pyridine rings is 1. The summed E-state index contributed by atoms with van der Waals surface area (Å²) in [7, 11) is 0. The summed E-state index contributed by atoms with van der Waals surface area (Å²) in [4.78, 5) is 24.9. The molecule has 0 saturated carbocycles. The van der Waals surface area contributed by atoms with Gasteiger partial charge in [0.1, 0.15) is 12.1 Å². The third-order valence-electron chi connectivity index (χ3n) is 3.08. The highest BCUT2D eigenvalue weighted by molar-refractivity contribution is 14.1. The molecule has 0 radical (unpaired) electrons. The molecule has 0 saturated heterocycles. The Morgan fingerprint density at radius 1 is 1.22 bits per heavy atom. The highest BCUT2D eigenvalue weighted by atomic mass is 127. The Bertz CT molecular complexity index is 874. The summed E-state index contributed by atoms with van der Waals surface area (Å²) >= 11 is 0.822. The number of nitrogens with one attached hydrogen (secondary N) is 1. The van der Waals surface area contributed by atoms with Crippen molar-refractivity contribution in [2.24, 2.45) is 0 Å². The van der Waals surface area contributed by atoms with E-state index in [1.165, 1.54) is 12.5 Å². The molecule has 1 aromatic carbocycles. The second-order valence-corrected chi connectivity index (χ2v) is 7.08. The maximum Gasteiger partial charge on any atom is 0.343 e. The summed E-state index contributed by atoms with van der Waals surface area (Å²) in [5.41, 5.74) is 1.15. The van der Waals surface area contributed by atoms with E-state index in [1.807, 2.05) is 6.07 Å². The lowest BCUT2D eigenvalue weighted by molar-refractivity contribution is 0.102. The fourth-order valence-electron chi connectivity index (χ4n) is 1.98. The summed E-state index contributed by atoms with van der Waals surface area (Å²) in [6.07, 6.45) is 4.67. The van der Waals surface area contributed by atoms with Crippen molar-refractivity contribution in [1.82, 2.24) is 15.0 Å². The van der Waals surface area contributed by atoms with Gasteiger partial charge in [0, 0.05) is 29.1 Å². The molecule has 1 N–H and O–H groups in total. The van der Waals surface area contributed by atoms with Gasteiger partial charge in [-0.1, -0.05) is 18.2 Å². The lowest BCUT2D eigenvalue weighted by Gasteiger charge is -2.09. The lowest BCUT2D eigenvalue weighted by atomic mass is 10.2. The quantitative estimate of drug-likeness (QED) is 0.386. The van der Waals surface area contributed by atoms with Gasteiger partial charge in [-0.05, 0) is 34.7 Å². The van der Waals surface area contributed by atoms with Crippen molar-refractivity contribution in [3.05, 3.63) is 51.9 Å². The van der Waals surface area contributed by atoms with E-state index in [0.29, 0.717) is 22.3 Å². The Labute approximate surface area is 149 Å². The largest absolute Gasteiger partial charge is 0.609 e. The van der Waals surface area contributed by atoms with Crippen LogP contribution in [0.2, 0.25) is 0 Å². The predicted octanol–water partition coefficient (Wildman–Crippen LogP) is 2.62. The predicted molar refractivity (Wildman–Crippen MR) is 96.8 cm³/mol. The molecule has 0 aliphatic rings. The normalized spacial score (nSPS) is 12.1. The number of nitrogens with zero attached hydrogens (tertiary/aromatic N) is 3. The van der Waals surface area contributed by atoms with Crippen LogP contribution >= 0.6 is 22.6 Å². The number of rotatable bonds is 3. The van der Waals surface area contributed by atoms with Crippen molar-refractivity contribution in [2.45, 2.75) is 5.16 Å². The zero-order valence-corrected chi connectivity index (χ0v) is 15.0. The van der Waals surface area contributed by atoms with Crippen molar-refractivity contribution >= 4 is 56.4 Å². The minimum atomic E-state index is -1.27. The minimum Gasteiger partial charge on any atom is -0.609 e. The number of benzene rings is 1. The SMILES string of the molecule is C[S+]([O-])c1ncc2c(NC(=O)c3ccccc3)ncc(I)c2n1. The van der Waals surface area contributed by atoms with Crippen LogP contribution < -0.4 is 5.32 Å². The molecular weight excluding hydrogens is 427 g/mol. The van der Waals surface area contributed by atoms with E-state index in [-0.39, 0.29) is 11.1 Å². The van der Waals surface area contributed by atoms with E-state index in [4.69, 9.17) is 0 Å². The van der Waals surface area contributed by atoms with Gasteiger partial charge in [0.2, 0.25) is 0 Å². The van der Waals surface area contributed by atoms with Crippen LogP contribution in [0.5, 0.6) is 0 Å². The first kappa shape index (κ1) is 16.1. The summed E-state index contributed by atoms with van der Waals surface area (Å²) in [6, 6.07) is 8.87. The Morgan fingerprint density at radius 3 is 2.65 bits per heavy atom. The Hall–Kier alpha value is -1.78. The van der Waals surface area contributed by atoms with Gasteiger partial charge in [0.15, 0.2) is 0 Å². The number of hydrogen-bond acceptors (Lipinski definition) is 5. The number of hydrogen-bond donors (Lipinski definition) is 1. The van der Waals surface area contributed by atoms with E-state index < -0.39 is 11.2 Å². The first-order valence-corrected chi connectivity index (χ1v) is 9.21. The molecule has 3 rings (SSSR count). The third kappa shape index (κ3) is 3.43. The van der Waals surface area contributed by atoms with Gasteiger partial charge in [0.05, 0.1) is 14.5 Å². The molecule has 1 atom stereocenters. The Balaban J connectivity index is 2.02. The smallest absolute Gasteiger partial charge is 0.343 e. The zero-order chi connectivity index (χ0) is 16.4. The van der Waals surface area contributed by atoms with Gasteiger partial charge >= 0.3 is 5.16 Å². The Morgan fingerprint density at radius 2 is 1.96 bits per heavy atom. The van der Waals surface area contributed by atoms with Crippen LogP contribution in [0.3, 0.4) is 0 Å². The van der Waals surface area contributed by atoms with Gasteiger partial charge in [-0.25, -0.2) is 4.98 Å². The number of carbonyl (C=O) groups is 1. The molecule has 116 valence electrons. The molecule has 0 aliphatic carbocycles. The lowest BCUT2D eigenvalue weighted by Crippen LogP contribution is -2.14. The molecule has 0 bridgehead atoms. The van der Waals surface area contributed by atoms with Crippen LogP contribution in [0.1, 0.15) is 10.4 Å². The average Bonchev–Trinajstić information content (AvgIpc) is 2.58. The van der Waals surface area contributed by atoms with Crippen molar-refractivity contribution in [1.29, 1.82) is 0 Å². The maximum atomic E-state index is 12.3. The second kappa shape index (κ2) is 6.77. The van der Waals surface area contributed by atoms with Gasteiger partial charge < -0.3 is 9.87 Å². The topological polar surface area (TPSA) is 90.8 Å². The summed E-state index contributed by atoms with van der Waals surface area (Å²) in [5, 5.41) is 3.63. The molecule has 1 unspecified atom stereocenters. The molecule has 2 heterocycles. The maximum absolute atomic E-state index is 12.3. The molecule has 23 heavy (non-hydrogen) atoms. The minimum absolute atomic E-state index is 0.252. The van der Waals surface area contributed by atoms with E-state index in [9.17, 15) is 9.35 Å². The van der Waals surface area contributed by atoms with E-state index in [0.717, 1.165) is 3.57 Å². The number of aromatic nitrogens is 3. The number of fused-ring (bicyclic) bond motifs is 1. The highest BCUT2D eigenvalue weighted by Gasteiger charge is 2.16. The van der Waals surface area contributed by atoms with Crippen LogP contribution in [0, 0.1) is 3.57 Å². The summed E-state index contributed by atoms with van der Waals surface area (Å²) < 4.78 is 12.3. The summed E-state index contributed by atoms with van der Waals surface area (Å²) in [5.74, 6) is 0.117. The van der Waals surface area contributed by atoms with Crippen LogP contribution in [0.25, 0.3) is 10.9 Å². The highest BCUT2D eigenvalue weighted by Crippen LogP contribution is 2.24. The number of anilines is 1. The molecule has 6 nitrogen and oxygen atoms in total. The number of carbonyl (C=O) groups excluding carboxylic acids is 1. The molecular formula is C15H11IN4O2S. The Kier molecular flexibility index (Phi) is 4.74. The van der Waals surface area contributed by atoms with Gasteiger partial charge in [-0.15, -0.1) is 0 Å². The van der Waals surface area contributed by atoms with Crippen LogP contribution in [0.15, 0.2) is 47.9 Å². The average molecular weight is 438 g/mol. The third-order valence-corrected chi connectivity index (χ3v) is 4.58. The summed E-state index contributed by atoms with van der Waals surface area (Å²) in [6.45, 7) is 0. The van der Waals surface area contributed by atoms with E-state index in [1.54, 1.807) is 30.5 Å². The molecule has 0 spiro atoms. The molecule has 2 aromatic heterocycles. The molecule has 0 aliphatic heterocycles. The van der Waals surface area contributed by atoms with Gasteiger partial charge in [-0.3, -0.25) is 4.79 Å². The van der Waals surface area contributed by atoms with Gasteiger partial charge in [0.25, 0.3) is 5.91 Å². The van der Waals surface area contributed by atoms with E-state index in [2.05, 4.69) is 42.9 Å². The fraction of sp³-hybridized carbons (Fsp3) is 0.0667. The van der Waals surface area contributed by atoms with Crippen LogP contribution in [-0.2, 0) is 11.2 Å². The molecule has 8 heteroatoms. The van der Waals surface area contributed by atoms with Crippen molar-refractivity contribution in [3.63, 3.8) is 0 Å². The standard InChI is InChI=1S/C15H11IN4O2S/c1-23(22)15-18-7-10-12(19-15)11(16)8-17-13(10)20-14(21)9-5-3-2-4-6-9/h2-8H,1H3,(H,17,20,21). The molecule has 0 fully saturated rings. The van der Waals surface area contributed by atoms with Gasteiger partial charge in [-0.2, -0.15) is 9.97 Å². The zero-order valence-electron chi connectivity index (χ0n) is 12.0. The molecule has 3 aromatic rings. The monoisotopic (exact) mass is 438 g/mol. The second-order valence-electron chi connectivity index (χ2n) is 4.64. The van der Waals surface area contributed by atoms with E-state index >= 15 is 0 Å².